The van der Waals surface area contributed by atoms with Gasteiger partial charge in [-0.2, -0.15) is 0 Å². The first kappa shape index (κ1) is 8.78. The SMILES string of the molecule is CC1=CC=CC2c3cccc(C)c3OC12. The van der Waals surface area contributed by atoms with Crippen LogP contribution in [0.15, 0.2) is 42.0 Å². The Balaban J connectivity index is 2.14. The van der Waals surface area contributed by atoms with E-state index in [0.29, 0.717) is 5.92 Å². The van der Waals surface area contributed by atoms with Crippen molar-refractivity contribution in [2.24, 2.45) is 0 Å². The molecule has 1 heteroatoms. The second-order valence-electron chi connectivity index (χ2n) is 4.35. The predicted octanol–water partition coefficient (Wildman–Crippen LogP) is 3.36. The van der Waals surface area contributed by atoms with Crippen LogP contribution in [0.3, 0.4) is 0 Å². The van der Waals surface area contributed by atoms with Gasteiger partial charge in [0, 0.05) is 11.5 Å². The number of ether oxygens (including phenoxy) is 1. The molecule has 0 fully saturated rings. The van der Waals surface area contributed by atoms with Crippen LogP contribution in [0, 0.1) is 6.92 Å². The summed E-state index contributed by atoms with van der Waals surface area (Å²) < 4.78 is 6.03. The van der Waals surface area contributed by atoms with E-state index in [-0.39, 0.29) is 6.10 Å². The highest BCUT2D eigenvalue weighted by molar-refractivity contribution is 5.51. The van der Waals surface area contributed by atoms with E-state index in [1.54, 1.807) is 0 Å². The van der Waals surface area contributed by atoms with Crippen molar-refractivity contribution in [2.75, 3.05) is 0 Å². The van der Waals surface area contributed by atoms with Gasteiger partial charge in [-0.05, 0) is 25.0 Å². The lowest BCUT2D eigenvalue weighted by atomic mass is 9.88. The van der Waals surface area contributed by atoms with Crippen molar-refractivity contribution < 1.29 is 4.74 Å². The second kappa shape index (κ2) is 2.99. The molecule has 0 saturated heterocycles. The van der Waals surface area contributed by atoms with E-state index in [1.807, 2.05) is 0 Å². The van der Waals surface area contributed by atoms with Gasteiger partial charge in [0.15, 0.2) is 0 Å². The summed E-state index contributed by atoms with van der Waals surface area (Å²) in [7, 11) is 0. The predicted molar refractivity (Wildman–Crippen MR) is 61.2 cm³/mol. The number of aryl methyl sites for hydroxylation is 1. The molecular formula is C14H14O. The standard InChI is InChI=1S/C14H14O/c1-9-5-3-7-11-12-8-4-6-10(2)14(12)15-13(9)11/h3-8,11,13H,1-2H3. The van der Waals surface area contributed by atoms with Gasteiger partial charge in [0.1, 0.15) is 11.9 Å². The minimum Gasteiger partial charge on any atom is -0.485 e. The third-order valence-corrected chi connectivity index (χ3v) is 3.30. The van der Waals surface area contributed by atoms with Crippen LogP contribution < -0.4 is 4.74 Å². The van der Waals surface area contributed by atoms with Crippen LogP contribution in [0.2, 0.25) is 0 Å². The van der Waals surface area contributed by atoms with Crippen molar-refractivity contribution >= 4 is 0 Å². The van der Waals surface area contributed by atoms with Gasteiger partial charge in [-0.1, -0.05) is 36.4 Å². The maximum Gasteiger partial charge on any atom is 0.130 e. The third-order valence-electron chi connectivity index (χ3n) is 3.30. The molecule has 15 heavy (non-hydrogen) atoms. The third kappa shape index (κ3) is 1.16. The van der Waals surface area contributed by atoms with Crippen molar-refractivity contribution in [3.8, 4) is 5.75 Å². The van der Waals surface area contributed by atoms with Crippen LogP contribution >= 0.6 is 0 Å². The average Bonchev–Trinajstić information content (AvgIpc) is 2.60. The fourth-order valence-electron chi connectivity index (χ4n) is 2.46. The Morgan fingerprint density at radius 1 is 1.20 bits per heavy atom. The van der Waals surface area contributed by atoms with Crippen LogP contribution in [0.1, 0.15) is 24.0 Å². The Kier molecular flexibility index (Phi) is 1.75. The molecule has 2 aliphatic rings. The lowest BCUT2D eigenvalue weighted by Crippen LogP contribution is -2.20. The summed E-state index contributed by atoms with van der Waals surface area (Å²) in [5.74, 6) is 1.51. The first-order valence-corrected chi connectivity index (χ1v) is 5.38. The van der Waals surface area contributed by atoms with Gasteiger partial charge in [-0.3, -0.25) is 0 Å². The molecule has 2 atom stereocenters. The second-order valence-corrected chi connectivity index (χ2v) is 4.35. The van der Waals surface area contributed by atoms with Gasteiger partial charge in [-0.25, -0.2) is 0 Å². The fraction of sp³-hybridized carbons (Fsp3) is 0.286. The number of para-hydroxylation sites is 1. The summed E-state index contributed by atoms with van der Waals surface area (Å²) in [6, 6.07) is 6.40. The molecule has 2 unspecified atom stereocenters. The van der Waals surface area contributed by atoms with E-state index in [0.717, 1.165) is 5.75 Å². The number of hydrogen-bond donors (Lipinski definition) is 0. The molecule has 1 nitrogen and oxygen atoms in total. The quantitative estimate of drug-likeness (QED) is 0.621. The molecule has 3 rings (SSSR count). The lowest BCUT2D eigenvalue weighted by Gasteiger charge is -2.19. The molecule has 76 valence electrons. The Morgan fingerprint density at radius 3 is 2.93 bits per heavy atom. The fourth-order valence-corrected chi connectivity index (χ4v) is 2.46. The highest BCUT2D eigenvalue weighted by atomic mass is 16.5. The number of allylic oxidation sites excluding steroid dienone is 2. The summed E-state index contributed by atoms with van der Waals surface area (Å²) in [4.78, 5) is 0. The maximum absolute atomic E-state index is 6.03. The van der Waals surface area contributed by atoms with Crippen LogP contribution in [0.4, 0.5) is 0 Å². The molecule has 1 aliphatic carbocycles. The lowest BCUT2D eigenvalue weighted by molar-refractivity contribution is 0.254. The molecule has 1 aliphatic heterocycles. The summed E-state index contributed by atoms with van der Waals surface area (Å²) in [6.45, 7) is 4.25. The molecule has 1 aromatic carbocycles. The molecule has 0 N–H and O–H groups in total. The molecule has 0 amide bonds. The number of hydrogen-bond acceptors (Lipinski definition) is 1. The largest absolute Gasteiger partial charge is 0.485 e. The van der Waals surface area contributed by atoms with Gasteiger partial charge in [0.2, 0.25) is 0 Å². The highest BCUT2D eigenvalue weighted by Crippen LogP contribution is 2.44. The van der Waals surface area contributed by atoms with E-state index >= 15 is 0 Å². The topological polar surface area (TPSA) is 9.23 Å². The van der Waals surface area contributed by atoms with Gasteiger partial charge in [-0.15, -0.1) is 0 Å². The zero-order valence-electron chi connectivity index (χ0n) is 9.03. The highest BCUT2D eigenvalue weighted by Gasteiger charge is 2.35. The number of rotatable bonds is 0. The van der Waals surface area contributed by atoms with Crippen molar-refractivity contribution in [1.29, 1.82) is 0 Å². The van der Waals surface area contributed by atoms with Crippen LogP contribution in [-0.4, -0.2) is 6.10 Å². The Hall–Kier alpha value is -1.50. The minimum absolute atomic E-state index is 0.228. The van der Waals surface area contributed by atoms with E-state index in [4.69, 9.17) is 4.74 Å². The minimum atomic E-state index is 0.228. The molecule has 0 aromatic heterocycles. The first-order chi connectivity index (χ1) is 7.27. The Labute approximate surface area is 90.1 Å². The van der Waals surface area contributed by atoms with E-state index in [2.05, 4.69) is 50.3 Å². The number of benzene rings is 1. The Morgan fingerprint density at radius 2 is 2.07 bits per heavy atom. The molecule has 0 radical (unpaired) electrons. The smallest absolute Gasteiger partial charge is 0.130 e. The normalized spacial score (nSPS) is 26.7. The van der Waals surface area contributed by atoms with Crippen molar-refractivity contribution in [2.45, 2.75) is 25.9 Å². The van der Waals surface area contributed by atoms with Gasteiger partial charge in [0.25, 0.3) is 0 Å². The maximum atomic E-state index is 6.03. The monoisotopic (exact) mass is 198 g/mol. The first-order valence-electron chi connectivity index (χ1n) is 5.38. The summed E-state index contributed by atoms with van der Waals surface area (Å²) >= 11 is 0. The van der Waals surface area contributed by atoms with Crippen molar-refractivity contribution in [3.63, 3.8) is 0 Å². The van der Waals surface area contributed by atoms with Crippen LogP contribution in [0.25, 0.3) is 0 Å². The zero-order valence-corrected chi connectivity index (χ0v) is 9.03. The van der Waals surface area contributed by atoms with Crippen LogP contribution in [0.5, 0.6) is 5.75 Å². The summed E-state index contributed by atoms with van der Waals surface area (Å²) in [6.07, 6.45) is 6.74. The summed E-state index contributed by atoms with van der Waals surface area (Å²) in [5, 5.41) is 0. The van der Waals surface area contributed by atoms with Gasteiger partial charge < -0.3 is 4.74 Å². The summed E-state index contributed by atoms with van der Waals surface area (Å²) in [5.41, 5.74) is 3.89. The average molecular weight is 198 g/mol. The van der Waals surface area contributed by atoms with E-state index in [1.165, 1.54) is 16.7 Å². The van der Waals surface area contributed by atoms with Crippen LogP contribution in [-0.2, 0) is 0 Å². The molecule has 0 saturated carbocycles. The van der Waals surface area contributed by atoms with E-state index in [9.17, 15) is 0 Å². The van der Waals surface area contributed by atoms with E-state index < -0.39 is 0 Å². The van der Waals surface area contributed by atoms with Crippen molar-refractivity contribution in [3.05, 3.63) is 53.1 Å². The van der Waals surface area contributed by atoms with Crippen molar-refractivity contribution in [1.82, 2.24) is 0 Å². The van der Waals surface area contributed by atoms with Gasteiger partial charge >= 0.3 is 0 Å². The Bertz CT molecular complexity index is 468. The molecule has 0 bridgehead atoms. The van der Waals surface area contributed by atoms with Gasteiger partial charge in [0.05, 0.1) is 0 Å². The molecule has 1 heterocycles. The molecular weight excluding hydrogens is 184 g/mol. The molecule has 0 spiro atoms. The molecule has 1 aromatic rings. The number of fused-ring (bicyclic) bond motifs is 3. The zero-order chi connectivity index (χ0) is 10.4.